The molecule has 4 rings (SSSR count). The van der Waals surface area contributed by atoms with E-state index in [0.29, 0.717) is 0 Å². The maximum absolute atomic E-state index is 11.7. The quantitative estimate of drug-likeness (QED) is 0.629. The first kappa shape index (κ1) is 6.90. The third-order valence-corrected chi connectivity index (χ3v) is 4.00. The number of nitrogens with zero attached hydrogens (tertiary/aromatic N) is 1. The lowest BCUT2D eigenvalue weighted by atomic mass is 9.84. The molecule has 1 aliphatic heterocycles. The van der Waals surface area contributed by atoms with Gasteiger partial charge in [0.25, 0.3) is 0 Å². The number of rotatable bonds is 0. The van der Waals surface area contributed by atoms with Crippen LogP contribution < -0.4 is 0 Å². The van der Waals surface area contributed by atoms with Gasteiger partial charge in [-0.05, 0) is 22.6 Å². The Morgan fingerprint density at radius 1 is 1.43 bits per heavy atom. The second-order valence-electron chi connectivity index (χ2n) is 3.72. The van der Waals surface area contributed by atoms with Gasteiger partial charge in [-0.15, -0.1) is 11.3 Å². The van der Waals surface area contributed by atoms with E-state index in [9.17, 15) is 4.79 Å². The maximum atomic E-state index is 11.7. The molecule has 1 unspecified atom stereocenters. The summed E-state index contributed by atoms with van der Waals surface area (Å²) in [4.78, 5) is 16.8. The van der Waals surface area contributed by atoms with E-state index in [1.165, 1.54) is 16.9 Å². The molecule has 2 heterocycles. The highest BCUT2D eigenvalue weighted by Gasteiger charge is 2.55. The summed E-state index contributed by atoms with van der Waals surface area (Å²) in [7, 11) is 0. The van der Waals surface area contributed by atoms with Crippen molar-refractivity contribution in [2.24, 2.45) is 4.99 Å². The number of carbonyl (C=O) groups excluding carboxylic acids is 1. The zero-order chi connectivity index (χ0) is 9.34. The summed E-state index contributed by atoms with van der Waals surface area (Å²) in [5.74, 6) is 0.106. The van der Waals surface area contributed by atoms with Gasteiger partial charge in [-0.1, -0.05) is 6.08 Å². The predicted octanol–water partition coefficient (Wildman–Crippen LogP) is 2.09. The van der Waals surface area contributed by atoms with Gasteiger partial charge in [0.2, 0.25) is 0 Å². The van der Waals surface area contributed by atoms with Gasteiger partial charge in [0.05, 0.1) is 16.0 Å². The van der Waals surface area contributed by atoms with Crippen LogP contribution in [0.1, 0.15) is 15.2 Å². The van der Waals surface area contributed by atoms with Crippen molar-refractivity contribution in [3.8, 4) is 0 Å². The van der Waals surface area contributed by atoms with Crippen molar-refractivity contribution in [3.63, 3.8) is 0 Å². The highest BCUT2D eigenvalue weighted by Crippen LogP contribution is 2.58. The van der Waals surface area contributed by atoms with Crippen LogP contribution in [0.2, 0.25) is 0 Å². The molecule has 0 bridgehead atoms. The molecular weight excluding hydrogens is 194 g/mol. The van der Waals surface area contributed by atoms with Crippen LogP contribution in [-0.4, -0.2) is 12.0 Å². The Morgan fingerprint density at radius 3 is 3.21 bits per heavy atom. The lowest BCUT2D eigenvalue weighted by Gasteiger charge is -2.19. The van der Waals surface area contributed by atoms with E-state index in [0.717, 1.165) is 16.1 Å². The topological polar surface area (TPSA) is 29.4 Å². The van der Waals surface area contributed by atoms with E-state index >= 15 is 0 Å². The van der Waals surface area contributed by atoms with Gasteiger partial charge in [0, 0.05) is 12.3 Å². The SMILES string of the molecule is O=C1C=C2N=CC3=CC32c2ccsc21. The molecule has 2 nitrogen and oxygen atoms in total. The number of aliphatic imine (C=N–C) groups is 1. The predicted molar refractivity (Wildman–Crippen MR) is 55.0 cm³/mol. The standard InChI is InChI=1S/C11H5NOS/c13-8-3-9-11(4-6(11)5-12-9)7-1-2-14-10(7)8/h1-5H. The molecule has 1 spiro atoms. The molecule has 1 aromatic heterocycles. The summed E-state index contributed by atoms with van der Waals surface area (Å²) in [6, 6.07) is 2.04. The molecule has 3 aliphatic rings. The van der Waals surface area contributed by atoms with Gasteiger partial charge in [-0.3, -0.25) is 9.79 Å². The molecule has 1 atom stereocenters. The van der Waals surface area contributed by atoms with Crippen LogP contribution in [0.15, 0.2) is 39.9 Å². The average molecular weight is 199 g/mol. The summed E-state index contributed by atoms with van der Waals surface area (Å²) in [6.07, 6.45) is 5.72. The third-order valence-electron chi connectivity index (χ3n) is 3.07. The average Bonchev–Trinajstić information content (AvgIpc) is 2.62. The fourth-order valence-corrected chi connectivity index (χ4v) is 3.19. The van der Waals surface area contributed by atoms with Gasteiger partial charge < -0.3 is 0 Å². The van der Waals surface area contributed by atoms with Gasteiger partial charge in [-0.2, -0.15) is 0 Å². The van der Waals surface area contributed by atoms with Gasteiger partial charge in [-0.25, -0.2) is 0 Å². The molecule has 2 aliphatic carbocycles. The molecule has 3 heteroatoms. The van der Waals surface area contributed by atoms with E-state index in [1.54, 1.807) is 6.08 Å². The Bertz CT molecular complexity index is 576. The number of dihydropyridines is 1. The minimum absolute atomic E-state index is 0.0801. The van der Waals surface area contributed by atoms with Crippen LogP contribution in [0.3, 0.4) is 0 Å². The highest BCUT2D eigenvalue weighted by molar-refractivity contribution is 7.12. The summed E-state index contributed by atoms with van der Waals surface area (Å²) in [6.45, 7) is 0. The molecule has 0 fully saturated rings. The molecular formula is C11H5NOS. The lowest BCUT2D eigenvalue weighted by Crippen LogP contribution is -2.19. The van der Waals surface area contributed by atoms with E-state index in [-0.39, 0.29) is 11.2 Å². The van der Waals surface area contributed by atoms with Crippen molar-refractivity contribution in [1.82, 2.24) is 0 Å². The summed E-state index contributed by atoms with van der Waals surface area (Å²) >= 11 is 1.52. The van der Waals surface area contributed by atoms with Crippen LogP contribution in [0.5, 0.6) is 0 Å². The van der Waals surface area contributed by atoms with Crippen molar-refractivity contribution in [2.75, 3.05) is 0 Å². The summed E-state index contributed by atoms with van der Waals surface area (Å²) < 4.78 is 0. The maximum Gasteiger partial charge on any atom is 0.197 e. The normalized spacial score (nSPS) is 30.4. The van der Waals surface area contributed by atoms with Crippen LogP contribution >= 0.6 is 11.3 Å². The van der Waals surface area contributed by atoms with Crippen LogP contribution in [0, 0.1) is 0 Å². The van der Waals surface area contributed by atoms with E-state index in [4.69, 9.17) is 0 Å². The zero-order valence-corrected chi connectivity index (χ0v) is 7.97. The molecule has 14 heavy (non-hydrogen) atoms. The first-order valence-electron chi connectivity index (χ1n) is 4.44. The minimum Gasteiger partial charge on any atom is -0.288 e. The lowest BCUT2D eigenvalue weighted by molar-refractivity contribution is 0.104. The van der Waals surface area contributed by atoms with Crippen LogP contribution in [0.25, 0.3) is 0 Å². The largest absolute Gasteiger partial charge is 0.288 e. The molecule has 0 aromatic carbocycles. The Kier molecular flexibility index (Phi) is 0.893. The Morgan fingerprint density at radius 2 is 2.36 bits per heavy atom. The number of ketones is 1. The third kappa shape index (κ3) is 0.527. The van der Waals surface area contributed by atoms with Gasteiger partial charge in [0.1, 0.15) is 0 Å². The van der Waals surface area contributed by atoms with Crippen molar-refractivity contribution < 1.29 is 4.79 Å². The number of thiophene rings is 1. The van der Waals surface area contributed by atoms with E-state index < -0.39 is 0 Å². The number of fused-ring (bicyclic) bond motifs is 1. The van der Waals surface area contributed by atoms with E-state index in [2.05, 4.69) is 11.1 Å². The first-order valence-corrected chi connectivity index (χ1v) is 5.32. The van der Waals surface area contributed by atoms with Crippen LogP contribution in [-0.2, 0) is 5.41 Å². The van der Waals surface area contributed by atoms with Crippen molar-refractivity contribution in [3.05, 3.63) is 45.3 Å². The van der Waals surface area contributed by atoms with Crippen molar-refractivity contribution in [2.45, 2.75) is 5.41 Å². The van der Waals surface area contributed by atoms with Crippen LogP contribution in [0.4, 0.5) is 0 Å². The fraction of sp³-hybridized carbons (Fsp3) is 0.0909. The Hall–Kier alpha value is -1.48. The number of hydrogen-bond acceptors (Lipinski definition) is 3. The Balaban J connectivity index is 2.09. The van der Waals surface area contributed by atoms with E-state index in [1.807, 2.05) is 17.7 Å². The molecule has 0 saturated carbocycles. The fourth-order valence-electron chi connectivity index (χ4n) is 2.32. The number of hydrogen-bond donors (Lipinski definition) is 0. The second kappa shape index (κ2) is 1.81. The number of carbonyl (C=O) groups is 1. The minimum atomic E-state index is -0.0801. The first-order chi connectivity index (χ1) is 6.82. The molecule has 1 aromatic rings. The second-order valence-corrected chi connectivity index (χ2v) is 4.64. The summed E-state index contributed by atoms with van der Waals surface area (Å²) in [5, 5.41) is 1.98. The highest BCUT2D eigenvalue weighted by atomic mass is 32.1. The summed E-state index contributed by atoms with van der Waals surface area (Å²) in [5.41, 5.74) is 3.21. The molecule has 0 radical (unpaired) electrons. The monoisotopic (exact) mass is 199 g/mol. The number of allylic oxidation sites excluding steroid dienone is 2. The molecule has 0 amide bonds. The van der Waals surface area contributed by atoms with Crippen molar-refractivity contribution in [1.29, 1.82) is 0 Å². The Labute approximate surface area is 84.3 Å². The zero-order valence-electron chi connectivity index (χ0n) is 7.15. The molecule has 66 valence electrons. The smallest absolute Gasteiger partial charge is 0.197 e. The van der Waals surface area contributed by atoms with Crippen molar-refractivity contribution >= 4 is 23.3 Å². The molecule has 0 saturated heterocycles. The van der Waals surface area contributed by atoms with Gasteiger partial charge in [0.15, 0.2) is 5.78 Å². The molecule has 0 N–H and O–H groups in total. The van der Waals surface area contributed by atoms with Gasteiger partial charge >= 0.3 is 0 Å².